The molecule has 0 amide bonds. The summed E-state index contributed by atoms with van der Waals surface area (Å²) in [6.45, 7) is 3.86. The van der Waals surface area contributed by atoms with Gasteiger partial charge in [0.15, 0.2) is 5.16 Å². The average Bonchev–Trinajstić information content (AvgIpc) is 3.17. The predicted molar refractivity (Wildman–Crippen MR) is 124 cm³/mol. The lowest BCUT2D eigenvalue weighted by Gasteiger charge is -2.13. The number of nitrogens with zero attached hydrogens (tertiary/aromatic N) is 5. The van der Waals surface area contributed by atoms with E-state index in [2.05, 4.69) is 15.0 Å². The molecule has 0 atom stereocenters. The molecule has 0 fully saturated rings. The van der Waals surface area contributed by atoms with Crippen LogP contribution in [-0.4, -0.2) is 23.9 Å². The zero-order valence-electron chi connectivity index (χ0n) is 17.5. The van der Waals surface area contributed by atoms with Gasteiger partial charge in [-0.2, -0.15) is 0 Å². The third kappa shape index (κ3) is 3.98. The summed E-state index contributed by atoms with van der Waals surface area (Å²) in [6.07, 6.45) is 1.87. The van der Waals surface area contributed by atoms with Crippen LogP contribution in [0.2, 0.25) is 5.02 Å². The molecule has 0 aliphatic heterocycles. The van der Waals surface area contributed by atoms with Gasteiger partial charge in [0.05, 0.1) is 22.3 Å². The van der Waals surface area contributed by atoms with E-state index in [0.717, 1.165) is 33.8 Å². The highest BCUT2D eigenvalue weighted by atomic mass is 35.5. The van der Waals surface area contributed by atoms with E-state index in [4.69, 9.17) is 11.6 Å². The number of rotatable bonds is 4. The van der Waals surface area contributed by atoms with Crippen LogP contribution in [0.15, 0.2) is 58.6 Å². The fraction of sp³-hybridized carbons (Fsp3) is 0.130. The molecule has 10 heteroatoms. The first-order valence-corrected chi connectivity index (χ1v) is 11.3. The lowest BCUT2D eigenvalue weighted by Crippen LogP contribution is -2.22. The van der Waals surface area contributed by atoms with Crippen LogP contribution < -0.4 is 5.56 Å². The number of aromatic nitrogens is 5. The van der Waals surface area contributed by atoms with Crippen molar-refractivity contribution in [1.29, 1.82) is 0 Å². The summed E-state index contributed by atoms with van der Waals surface area (Å²) in [5.74, 6) is -0.676. The summed E-state index contributed by atoms with van der Waals surface area (Å²) in [6, 6.07) is 9.75. The van der Waals surface area contributed by atoms with Gasteiger partial charge in [-0.25, -0.2) is 23.7 Å². The summed E-state index contributed by atoms with van der Waals surface area (Å²) in [5.41, 5.74) is 2.40. The molecule has 0 radical (unpaired) electrons. The summed E-state index contributed by atoms with van der Waals surface area (Å²) >= 11 is 7.28. The van der Waals surface area contributed by atoms with Gasteiger partial charge in [-0.3, -0.25) is 13.8 Å². The fourth-order valence-electron chi connectivity index (χ4n) is 3.64. The average molecular weight is 484 g/mol. The molecule has 5 aromatic rings. The number of halogens is 3. The maximum absolute atomic E-state index is 14.7. The summed E-state index contributed by atoms with van der Waals surface area (Å²) in [7, 11) is 0. The molecule has 166 valence electrons. The standard InChI is InChI=1S/C23H16ClF2N5OS/c1-12-7-13(2)30-10-16(28-22(30)27-12)11-33-23-29-19-5-3-14(24)8-17(19)21(32)31(23)20-6-4-15(25)9-18(20)26/h3-10H,11H2,1-2H3. The van der Waals surface area contributed by atoms with Gasteiger partial charge < -0.3 is 0 Å². The van der Waals surface area contributed by atoms with Crippen molar-refractivity contribution in [3.8, 4) is 5.69 Å². The zero-order valence-corrected chi connectivity index (χ0v) is 19.1. The number of thioether (sulfide) groups is 1. The van der Waals surface area contributed by atoms with Gasteiger partial charge in [0, 0.05) is 34.4 Å². The Bertz CT molecular complexity index is 1610. The van der Waals surface area contributed by atoms with Gasteiger partial charge in [0.2, 0.25) is 5.78 Å². The lowest BCUT2D eigenvalue weighted by molar-refractivity contribution is 0.572. The summed E-state index contributed by atoms with van der Waals surface area (Å²) in [5, 5.41) is 0.840. The van der Waals surface area contributed by atoms with Crippen LogP contribution in [0, 0.1) is 25.5 Å². The van der Waals surface area contributed by atoms with E-state index in [-0.39, 0.29) is 16.2 Å². The van der Waals surface area contributed by atoms with Crippen LogP contribution >= 0.6 is 23.4 Å². The first kappa shape index (κ1) is 21.5. The Morgan fingerprint density at radius 2 is 1.85 bits per heavy atom. The third-order valence-electron chi connectivity index (χ3n) is 5.11. The highest BCUT2D eigenvalue weighted by molar-refractivity contribution is 7.98. The molecule has 0 N–H and O–H groups in total. The number of aryl methyl sites for hydroxylation is 2. The molecule has 0 saturated carbocycles. The highest BCUT2D eigenvalue weighted by Crippen LogP contribution is 2.27. The molecule has 0 unspecified atom stereocenters. The second-order valence-corrected chi connectivity index (χ2v) is 8.90. The normalized spacial score (nSPS) is 11.5. The predicted octanol–water partition coefficient (Wildman–Crippen LogP) is 5.27. The SMILES string of the molecule is Cc1cc(C)n2cc(CSc3nc4ccc(Cl)cc4c(=O)n3-c3ccc(F)cc3F)nc2n1. The van der Waals surface area contributed by atoms with Gasteiger partial charge in [-0.05, 0) is 50.2 Å². The molecule has 2 aromatic carbocycles. The number of benzene rings is 2. The molecule has 3 heterocycles. The second-order valence-electron chi connectivity index (χ2n) is 7.52. The van der Waals surface area contributed by atoms with Crippen molar-refractivity contribution in [1.82, 2.24) is 23.9 Å². The molecule has 0 bridgehead atoms. The van der Waals surface area contributed by atoms with Crippen molar-refractivity contribution < 1.29 is 8.78 Å². The van der Waals surface area contributed by atoms with Crippen LogP contribution in [0.5, 0.6) is 0 Å². The third-order valence-corrected chi connectivity index (χ3v) is 6.32. The quantitative estimate of drug-likeness (QED) is 0.257. The Hall–Kier alpha value is -3.30. The Morgan fingerprint density at radius 1 is 1.03 bits per heavy atom. The van der Waals surface area contributed by atoms with E-state index in [1.54, 1.807) is 12.1 Å². The minimum Gasteiger partial charge on any atom is -0.288 e. The van der Waals surface area contributed by atoms with Crippen LogP contribution in [0.1, 0.15) is 17.1 Å². The number of hydrogen-bond acceptors (Lipinski definition) is 5. The van der Waals surface area contributed by atoms with Gasteiger partial charge in [-0.1, -0.05) is 23.4 Å². The van der Waals surface area contributed by atoms with Gasteiger partial charge in [0.1, 0.15) is 11.6 Å². The molecule has 33 heavy (non-hydrogen) atoms. The minimum atomic E-state index is -0.870. The van der Waals surface area contributed by atoms with Gasteiger partial charge >= 0.3 is 0 Å². The fourth-order valence-corrected chi connectivity index (χ4v) is 4.70. The van der Waals surface area contributed by atoms with Crippen molar-refractivity contribution in [2.24, 2.45) is 0 Å². The van der Waals surface area contributed by atoms with Crippen LogP contribution in [0.3, 0.4) is 0 Å². The van der Waals surface area contributed by atoms with E-state index < -0.39 is 17.2 Å². The van der Waals surface area contributed by atoms with Crippen molar-refractivity contribution in [2.45, 2.75) is 24.8 Å². The Balaban J connectivity index is 1.63. The maximum Gasteiger partial charge on any atom is 0.266 e. The first-order chi connectivity index (χ1) is 15.8. The second kappa shape index (κ2) is 8.24. The first-order valence-electron chi connectivity index (χ1n) is 9.93. The molecule has 0 aliphatic carbocycles. The molecule has 0 saturated heterocycles. The van der Waals surface area contributed by atoms with E-state index in [9.17, 15) is 13.6 Å². The van der Waals surface area contributed by atoms with E-state index in [0.29, 0.717) is 22.1 Å². The van der Waals surface area contributed by atoms with E-state index in [1.165, 1.54) is 23.9 Å². The smallest absolute Gasteiger partial charge is 0.266 e. The Labute approximate surface area is 195 Å². The Kier molecular flexibility index (Phi) is 5.38. The van der Waals surface area contributed by atoms with Gasteiger partial charge in [-0.15, -0.1) is 0 Å². The van der Waals surface area contributed by atoms with Crippen molar-refractivity contribution in [3.63, 3.8) is 0 Å². The summed E-state index contributed by atoms with van der Waals surface area (Å²) < 4.78 is 31.2. The highest BCUT2D eigenvalue weighted by Gasteiger charge is 2.18. The summed E-state index contributed by atoms with van der Waals surface area (Å²) in [4.78, 5) is 26.9. The molecular weight excluding hydrogens is 468 g/mol. The zero-order chi connectivity index (χ0) is 23.3. The van der Waals surface area contributed by atoms with Crippen LogP contribution in [0.25, 0.3) is 22.4 Å². The molecular formula is C23H16ClF2N5OS. The Morgan fingerprint density at radius 3 is 2.64 bits per heavy atom. The van der Waals surface area contributed by atoms with E-state index in [1.807, 2.05) is 30.5 Å². The minimum absolute atomic E-state index is 0.0959. The van der Waals surface area contributed by atoms with Crippen molar-refractivity contribution >= 4 is 40.0 Å². The molecule has 0 spiro atoms. The number of hydrogen-bond donors (Lipinski definition) is 0. The maximum atomic E-state index is 14.7. The van der Waals surface area contributed by atoms with Crippen molar-refractivity contribution in [3.05, 3.63) is 92.8 Å². The van der Waals surface area contributed by atoms with Crippen LogP contribution in [-0.2, 0) is 5.75 Å². The van der Waals surface area contributed by atoms with Gasteiger partial charge in [0.25, 0.3) is 5.56 Å². The molecule has 5 rings (SSSR count). The topological polar surface area (TPSA) is 65.1 Å². The van der Waals surface area contributed by atoms with Crippen LogP contribution in [0.4, 0.5) is 8.78 Å². The lowest BCUT2D eigenvalue weighted by atomic mass is 10.2. The largest absolute Gasteiger partial charge is 0.288 e. The molecule has 3 aromatic heterocycles. The number of fused-ring (bicyclic) bond motifs is 2. The molecule has 6 nitrogen and oxygen atoms in total. The molecule has 0 aliphatic rings. The number of imidazole rings is 1. The van der Waals surface area contributed by atoms with Crippen molar-refractivity contribution in [2.75, 3.05) is 0 Å². The monoisotopic (exact) mass is 483 g/mol. The van der Waals surface area contributed by atoms with E-state index >= 15 is 0 Å².